The molecule has 30 heavy (non-hydrogen) atoms. The average molecular weight is 403 g/mol. The lowest BCUT2D eigenvalue weighted by Gasteiger charge is -2.23. The minimum atomic E-state index is -0.0381. The topological polar surface area (TPSA) is 64.6 Å². The minimum absolute atomic E-state index is 0.0381. The molecule has 3 heterocycles. The van der Waals surface area contributed by atoms with Gasteiger partial charge in [0.25, 0.3) is 5.91 Å². The summed E-state index contributed by atoms with van der Waals surface area (Å²) in [6.45, 7) is 3.57. The number of rotatable bonds is 1. The summed E-state index contributed by atoms with van der Waals surface area (Å²) in [6.07, 6.45) is 6.11. The third-order valence-corrected chi connectivity index (χ3v) is 5.04. The van der Waals surface area contributed by atoms with E-state index in [9.17, 15) is 4.79 Å². The Hall–Kier alpha value is -3.41. The van der Waals surface area contributed by atoms with Gasteiger partial charge in [0, 0.05) is 30.2 Å². The number of fused-ring (bicyclic) bond motifs is 2. The molecule has 1 aliphatic rings. The number of benzene rings is 1. The molecule has 6 nitrogen and oxygen atoms in total. The standard InChI is InChI=1S/C24H25N3O3/c1-18-11-12-19(16-26-18)24(28)27-14-5-2-6-15-29-21-9-3-4-10-22(21)30-23-20(17-27)8-7-13-25-23/h3-4,7-13,16H,2,5-6,14-15,17H2,1H3. The Balaban J connectivity index is 1.65. The van der Waals surface area contributed by atoms with Crippen LogP contribution < -0.4 is 9.47 Å². The molecule has 154 valence electrons. The van der Waals surface area contributed by atoms with Crippen LogP contribution in [-0.4, -0.2) is 33.9 Å². The van der Waals surface area contributed by atoms with Gasteiger partial charge in [0.1, 0.15) is 0 Å². The maximum Gasteiger partial charge on any atom is 0.255 e. The molecule has 1 aromatic carbocycles. The van der Waals surface area contributed by atoms with Crippen molar-refractivity contribution in [2.45, 2.75) is 32.7 Å². The first kappa shape index (κ1) is 19.9. The van der Waals surface area contributed by atoms with Crippen LogP contribution in [0.2, 0.25) is 0 Å². The molecule has 6 heteroatoms. The van der Waals surface area contributed by atoms with Crippen molar-refractivity contribution in [3.8, 4) is 17.4 Å². The number of hydrogen-bond donors (Lipinski definition) is 0. The van der Waals surface area contributed by atoms with Gasteiger partial charge in [-0.1, -0.05) is 18.2 Å². The first-order valence-corrected chi connectivity index (χ1v) is 10.3. The summed E-state index contributed by atoms with van der Waals surface area (Å²) in [5, 5.41) is 0. The van der Waals surface area contributed by atoms with Crippen LogP contribution in [0.15, 0.2) is 60.9 Å². The fourth-order valence-electron chi connectivity index (χ4n) is 3.39. The number of aryl methyl sites for hydroxylation is 1. The summed E-state index contributed by atoms with van der Waals surface area (Å²) in [5.41, 5.74) is 2.32. The maximum absolute atomic E-state index is 13.2. The van der Waals surface area contributed by atoms with Crippen molar-refractivity contribution in [2.24, 2.45) is 0 Å². The van der Waals surface area contributed by atoms with E-state index in [0.717, 1.165) is 30.5 Å². The number of carbonyl (C=O) groups is 1. The predicted octanol–water partition coefficient (Wildman–Crippen LogP) is 4.78. The second kappa shape index (κ2) is 9.39. The van der Waals surface area contributed by atoms with Gasteiger partial charge < -0.3 is 14.4 Å². The molecule has 0 atom stereocenters. The van der Waals surface area contributed by atoms with Crippen LogP contribution in [0.4, 0.5) is 0 Å². The van der Waals surface area contributed by atoms with Crippen molar-refractivity contribution < 1.29 is 14.3 Å². The van der Waals surface area contributed by atoms with E-state index >= 15 is 0 Å². The third-order valence-electron chi connectivity index (χ3n) is 5.04. The number of amides is 1. The van der Waals surface area contributed by atoms with Crippen molar-refractivity contribution in [1.29, 1.82) is 0 Å². The van der Waals surface area contributed by atoms with Crippen LogP contribution in [0.1, 0.15) is 40.9 Å². The highest BCUT2D eigenvalue weighted by Gasteiger charge is 2.20. The zero-order chi connectivity index (χ0) is 20.8. The monoisotopic (exact) mass is 403 g/mol. The summed E-state index contributed by atoms with van der Waals surface area (Å²) in [5.74, 6) is 1.76. The first-order chi connectivity index (χ1) is 14.7. The van der Waals surface area contributed by atoms with Crippen molar-refractivity contribution in [3.63, 3.8) is 0 Å². The predicted molar refractivity (Wildman–Crippen MR) is 114 cm³/mol. The molecular formula is C24H25N3O3. The number of pyridine rings is 2. The largest absolute Gasteiger partial charge is 0.490 e. The Bertz CT molecular complexity index is 1000. The number of ether oxygens (including phenoxy) is 2. The van der Waals surface area contributed by atoms with Crippen LogP contribution >= 0.6 is 0 Å². The lowest BCUT2D eigenvalue weighted by Crippen LogP contribution is -2.32. The molecule has 4 rings (SSSR count). The molecule has 0 saturated heterocycles. The normalized spacial score (nSPS) is 14.6. The third kappa shape index (κ3) is 4.76. The molecular weight excluding hydrogens is 378 g/mol. The second-order valence-corrected chi connectivity index (χ2v) is 7.34. The van der Waals surface area contributed by atoms with Gasteiger partial charge >= 0.3 is 0 Å². The van der Waals surface area contributed by atoms with Crippen molar-refractivity contribution in [1.82, 2.24) is 14.9 Å². The highest BCUT2D eigenvalue weighted by Crippen LogP contribution is 2.32. The Morgan fingerprint density at radius 1 is 0.967 bits per heavy atom. The van der Waals surface area contributed by atoms with Crippen molar-refractivity contribution in [3.05, 3.63) is 77.7 Å². The van der Waals surface area contributed by atoms with E-state index < -0.39 is 0 Å². The molecule has 2 aromatic heterocycles. The Morgan fingerprint density at radius 3 is 2.67 bits per heavy atom. The van der Waals surface area contributed by atoms with E-state index in [2.05, 4.69) is 9.97 Å². The fourth-order valence-corrected chi connectivity index (χ4v) is 3.39. The molecule has 0 spiro atoms. The van der Waals surface area contributed by atoms with E-state index in [1.54, 1.807) is 12.4 Å². The van der Waals surface area contributed by atoms with Crippen LogP contribution in [0, 0.1) is 6.92 Å². The molecule has 1 amide bonds. The zero-order valence-electron chi connectivity index (χ0n) is 17.1. The fraction of sp³-hybridized carbons (Fsp3) is 0.292. The van der Waals surface area contributed by atoms with Gasteiger partial charge in [0.15, 0.2) is 11.5 Å². The molecule has 0 radical (unpaired) electrons. The van der Waals surface area contributed by atoms with E-state index in [-0.39, 0.29) is 5.91 Å². The highest BCUT2D eigenvalue weighted by molar-refractivity contribution is 5.93. The summed E-state index contributed by atoms with van der Waals surface area (Å²) in [7, 11) is 0. The summed E-state index contributed by atoms with van der Waals surface area (Å²) >= 11 is 0. The molecule has 3 aromatic rings. The molecule has 0 bridgehead atoms. The number of carbonyl (C=O) groups excluding carboxylic acids is 1. The van der Waals surface area contributed by atoms with E-state index in [0.29, 0.717) is 42.6 Å². The van der Waals surface area contributed by atoms with Crippen LogP contribution in [0.5, 0.6) is 17.4 Å². The number of para-hydroxylation sites is 2. The van der Waals surface area contributed by atoms with Gasteiger partial charge in [-0.3, -0.25) is 9.78 Å². The number of hydrogen-bond acceptors (Lipinski definition) is 5. The van der Waals surface area contributed by atoms with Gasteiger partial charge in [-0.15, -0.1) is 0 Å². The van der Waals surface area contributed by atoms with Gasteiger partial charge in [0.2, 0.25) is 5.88 Å². The van der Waals surface area contributed by atoms with Gasteiger partial charge in [0.05, 0.1) is 18.7 Å². The molecule has 1 aliphatic heterocycles. The molecule has 0 N–H and O–H groups in total. The minimum Gasteiger partial charge on any atom is -0.490 e. The number of nitrogens with zero attached hydrogens (tertiary/aromatic N) is 3. The molecule has 0 aliphatic carbocycles. The summed E-state index contributed by atoms with van der Waals surface area (Å²) in [6, 6.07) is 15.1. The van der Waals surface area contributed by atoms with Gasteiger partial charge in [-0.05, 0) is 56.5 Å². The van der Waals surface area contributed by atoms with Crippen LogP contribution in [0.3, 0.4) is 0 Å². The van der Waals surface area contributed by atoms with Crippen molar-refractivity contribution in [2.75, 3.05) is 13.2 Å². The van der Waals surface area contributed by atoms with Gasteiger partial charge in [-0.2, -0.15) is 0 Å². The Labute approximate surface area is 176 Å². The zero-order valence-corrected chi connectivity index (χ0v) is 17.1. The molecule has 0 saturated carbocycles. The van der Waals surface area contributed by atoms with E-state index in [4.69, 9.17) is 9.47 Å². The van der Waals surface area contributed by atoms with Gasteiger partial charge in [-0.25, -0.2) is 4.98 Å². The van der Waals surface area contributed by atoms with Crippen molar-refractivity contribution >= 4 is 5.91 Å². The Kier molecular flexibility index (Phi) is 6.23. The van der Waals surface area contributed by atoms with Crippen LogP contribution in [-0.2, 0) is 6.54 Å². The van der Waals surface area contributed by atoms with E-state index in [1.165, 1.54) is 0 Å². The average Bonchev–Trinajstić information content (AvgIpc) is 2.78. The van der Waals surface area contributed by atoms with E-state index in [1.807, 2.05) is 60.4 Å². The lowest BCUT2D eigenvalue weighted by atomic mass is 10.1. The summed E-state index contributed by atoms with van der Waals surface area (Å²) in [4.78, 5) is 23.8. The maximum atomic E-state index is 13.2. The number of aromatic nitrogens is 2. The Morgan fingerprint density at radius 2 is 1.83 bits per heavy atom. The quantitative estimate of drug-likeness (QED) is 0.585. The lowest BCUT2D eigenvalue weighted by molar-refractivity contribution is 0.0738. The first-order valence-electron chi connectivity index (χ1n) is 10.3. The summed E-state index contributed by atoms with van der Waals surface area (Å²) < 4.78 is 12.0. The smallest absolute Gasteiger partial charge is 0.255 e. The van der Waals surface area contributed by atoms with Crippen LogP contribution in [0.25, 0.3) is 0 Å². The SMILES string of the molecule is Cc1ccc(C(=O)N2CCCCCOc3ccccc3Oc3ncccc3C2)cn1. The molecule has 0 unspecified atom stereocenters. The molecule has 0 fully saturated rings. The highest BCUT2D eigenvalue weighted by atomic mass is 16.5. The second-order valence-electron chi connectivity index (χ2n) is 7.34.